The van der Waals surface area contributed by atoms with Crippen molar-refractivity contribution in [2.45, 2.75) is 0 Å². The first kappa shape index (κ1) is 13.9. The van der Waals surface area contributed by atoms with Gasteiger partial charge in [-0.15, -0.1) is 0 Å². The number of anilines is 3. The summed E-state index contributed by atoms with van der Waals surface area (Å²) in [5, 5.41) is 0. The molecule has 0 aliphatic carbocycles. The maximum Gasteiger partial charge on any atom is 0.250 e. The first-order chi connectivity index (χ1) is 10.8. The van der Waals surface area contributed by atoms with Crippen LogP contribution in [0.3, 0.4) is 0 Å². The largest absolute Gasteiger partial charge is 0.366 e. The average Bonchev–Trinajstić information content (AvgIpc) is 2.57. The third-order valence-corrected chi connectivity index (χ3v) is 3.44. The van der Waals surface area contributed by atoms with Gasteiger partial charge in [-0.05, 0) is 36.4 Å². The van der Waals surface area contributed by atoms with Crippen LogP contribution in [-0.4, -0.2) is 5.91 Å². The molecule has 3 aromatic carbocycles. The Balaban J connectivity index is 2.21. The molecule has 1 amide bonds. The van der Waals surface area contributed by atoms with Crippen LogP contribution in [0.4, 0.5) is 17.1 Å². The van der Waals surface area contributed by atoms with E-state index < -0.39 is 5.91 Å². The Kier molecular flexibility index (Phi) is 3.88. The van der Waals surface area contributed by atoms with Gasteiger partial charge in [-0.3, -0.25) is 4.79 Å². The Hall–Kier alpha value is -3.07. The van der Waals surface area contributed by atoms with E-state index in [1.165, 1.54) is 0 Å². The van der Waals surface area contributed by atoms with Gasteiger partial charge in [0.05, 0.1) is 11.3 Å². The molecule has 108 valence electrons. The van der Waals surface area contributed by atoms with Gasteiger partial charge in [0.2, 0.25) is 0 Å². The molecule has 3 aromatic rings. The first-order valence-electron chi connectivity index (χ1n) is 7.06. The van der Waals surface area contributed by atoms with E-state index in [1.54, 1.807) is 6.07 Å². The number of amides is 1. The number of hydrogen-bond acceptors (Lipinski definition) is 2. The maximum atomic E-state index is 11.8. The van der Waals surface area contributed by atoms with Gasteiger partial charge in [0.1, 0.15) is 0 Å². The van der Waals surface area contributed by atoms with Crippen LogP contribution in [0, 0.1) is 0 Å². The number of benzene rings is 3. The summed E-state index contributed by atoms with van der Waals surface area (Å²) in [5.41, 5.74) is 8.76. The zero-order valence-corrected chi connectivity index (χ0v) is 12.0. The molecule has 0 bridgehead atoms. The highest BCUT2D eigenvalue weighted by atomic mass is 16.1. The van der Waals surface area contributed by atoms with Crippen LogP contribution in [0.25, 0.3) is 0 Å². The summed E-state index contributed by atoms with van der Waals surface area (Å²) < 4.78 is 0. The monoisotopic (exact) mass is 288 g/mol. The molecule has 3 nitrogen and oxygen atoms in total. The smallest absolute Gasteiger partial charge is 0.250 e. The molecule has 0 fully saturated rings. The number of nitrogens with two attached hydrogens (primary N) is 1. The van der Waals surface area contributed by atoms with Crippen molar-refractivity contribution in [1.29, 1.82) is 0 Å². The minimum absolute atomic E-state index is 0.438. The van der Waals surface area contributed by atoms with Crippen LogP contribution in [0.1, 0.15) is 10.4 Å². The molecule has 22 heavy (non-hydrogen) atoms. The summed E-state index contributed by atoms with van der Waals surface area (Å²) in [4.78, 5) is 13.8. The molecule has 0 radical (unpaired) electrons. The fourth-order valence-electron chi connectivity index (χ4n) is 2.46. The van der Waals surface area contributed by atoms with Crippen molar-refractivity contribution >= 4 is 23.0 Å². The van der Waals surface area contributed by atoms with Gasteiger partial charge in [0.25, 0.3) is 5.91 Å². The molecule has 0 atom stereocenters. The van der Waals surface area contributed by atoms with Crippen molar-refractivity contribution in [3.63, 3.8) is 0 Å². The molecule has 0 aromatic heterocycles. The van der Waals surface area contributed by atoms with E-state index in [0.29, 0.717) is 5.56 Å². The highest BCUT2D eigenvalue weighted by Crippen LogP contribution is 2.35. The van der Waals surface area contributed by atoms with Crippen LogP contribution >= 0.6 is 0 Å². The van der Waals surface area contributed by atoms with E-state index >= 15 is 0 Å². The van der Waals surface area contributed by atoms with Gasteiger partial charge in [-0.25, -0.2) is 0 Å². The Morgan fingerprint density at radius 3 is 1.64 bits per heavy atom. The van der Waals surface area contributed by atoms with Crippen LogP contribution in [0.15, 0.2) is 84.9 Å². The Morgan fingerprint density at radius 1 is 0.682 bits per heavy atom. The fourth-order valence-corrected chi connectivity index (χ4v) is 2.46. The molecule has 0 aliphatic rings. The summed E-state index contributed by atoms with van der Waals surface area (Å²) in [7, 11) is 0. The van der Waals surface area contributed by atoms with E-state index in [4.69, 9.17) is 5.73 Å². The van der Waals surface area contributed by atoms with Crippen LogP contribution in [0.2, 0.25) is 0 Å². The lowest BCUT2D eigenvalue weighted by Gasteiger charge is -2.26. The number of rotatable bonds is 4. The van der Waals surface area contributed by atoms with E-state index in [-0.39, 0.29) is 0 Å². The molecule has 0 spiro atoms. The average molecular weight is 288 g/mol. The van der Waals surface area contributed by atoms with E-state index in [9.17, 15) is 4.79 Å². The summed E-state index contributed by atoms with van der Waals surface area (Å²) in [6, 6.07) is 27.2. The zero-order chi connectivity index (χ0) is 15.4. The van der Waals surface area contributed by atoms with Gasteiger partial charge >= 0.3 is 0 Å². The highest BCUT2D eigenvalue weighted by Gasteiger charge is 2.17. The lowest BCUT2D eigenvalue weighted by atomic mass is 10.1. The maximum absolute atomic E-state index is 11.8. The minimum atomic E-state index is -0.438. The number of primary amides is 1. The third kappa shape index (κ3) is 2.69. The predicted octanol–water partition coefficient (Wildman–Crippen LogP) is 4.26. The van der Waals surface area contributed by atoms with Crippen LogP contribution in [0.5, 0.6) is 0 Å². The molecular weight excluding hydrogens is 272 g/mol. The number of carbonyl (C=O) groups excluding carboxylic acids is 1. The number of para-hydroxylation sites is 3. The Morgan fingerprint density at radius 2 is 1.14 bits per heavy atom. The topological polar surface area (TPSA) is 46.3 Å². The van der Waals surface area contributed by atoms with Crippen molar-refractivity contribution in [3.05, 3.63) is 90.5 Å². The summed E-state index contributed by atoms with van der Waals surface area (Å²) >= 11 is 0. The Labute approximate surface area is 129 Å². The lowest BCUT2D eigenvalue weighted by molar-refractivity contribution is 0.100. The molecular formula is C19H16N2O. The second kappa shape index (κ2) is 6.14. The number of hydrogen-bond donors (Lipinski definition) is 1. The van der Waals surface area contributed by atoms with E-state index in [0.717, 1.165) is 17.1 Å². The molecule has 0 aliphatic heterocycles. The molecule has 3 rings (SSSR count). The second-order valence-corrected chi connectivity index (χ2v) is 4.89. The van der Waals surface area contributed by atoms with Crippen molar-refractivity contribution in [1.82, 2.24) is 0 Å². The lowest BCUT2D eigenvalue weighted by Crippen LogP contribution is -2.18. The van der Waals surface area contributed by atoms with E-state index in [1.807, 2.05) is 83.8 Å². The summed E-state index contributed by atoms with van der Waals surface area (Å²) in [6.45, 7) is 0. The van der Waals surface area contributed by atoms with Gasteiger partial charge in [0, 0.05) is 11.4 Å². The number of nitrogens with zero attached hydrogens (tertiary/aromatic N) is 1. The van der Waals surface area contributed by atoms with Crippen molar-refractivity contribution < 1.29 is 4.79 Å². The quantitative estimate of drug-likeness (QED) is 0.780. The van der Waals surface area contributed by atoms with Crippen molar-refractivity contribution in [2.24, 2.45) is 5.73 Å². The zero-order valence-electron chi connectivity index (χ0n) is 12.0. The van der Waals surface area contributed by atoms with Crippen molar-refractivity contribution in [2.75, 3.05) is 4.90 Å². The molecule has 0 heterocycles. The molecule has 0 saturated heterocycles. The SMILES string of the molecule is NC(=O)c1ccccc1N(c1ccccc1)c1ccccc1. The molecule has 2 N–H and O–H groups in total. The highest BCUT2D eigenvalue weighted by molar-refractivity contribution is 6.01. The number of carbonyl (C=O) groups is 1. The van der Waals surface area contributed by atoms with E-state index in [2.05, 4.69) is 0 Å². The summed E-state index contributed by atoms with van der Waals surface area (Å²) in [6.07, 6.45) is 0. The van der Waals surface area contributed by atoms with Crippen LogP contribution < -0.4 is 10.6 Å². The minimum Gasteiger partial charge on any atom is -0.366 e. The Bertz CT molecular complexity index is 730. The molecule has 3 heteroatoms. The van der Waals surface area contributed by atoms with Gasteiger partial charge in [0.15, 0.2) is 0 Å². The molecule has 0 saturated carbocycles. The third-order valence-electron chi connectivity index (χ3n) is 3.44. The van der Waals surface area contributed by atoms with Gasteiger partial charge < -0.3 is 10.6 Å². The second-order valence-electron chi connectivity index (χ2n) is 4.89. The van der Waals surface area contributed by atoms with Gasteiger partial charge in [-0.1, -0.05) is 48.5 Å². The van der Waals surface area contributed by atoms with Crippen LogP contribution in [-0.2, 0) is 0 Å². The molecule has 0 unspecified atom stereocenters. The standard InChI is InChI=1S/C19H16N2O/c20-19(22)17-13-7-8-14-18(17)21(15-9-3-1-4-10-15)16-11-5-2-6-12-16/h1-14H,(H2,20,22). The van der Waals surface area contributed by atoms with Gasteiger partial charge in [-0.2, -0.15) is 0 Å². The fraction of sp³-hybridized carbons (Fsp3) is 0. The first-order valence-corrected chi connectivity index (χ1v) is 7.06. The summed E-state index contributed by atoms with van der Waals surface area (Å²) in [5.74, 6) is -0.438. The van der Waals surface area contributed by atoms with Crippen molar-refractivity contribution in [3.8, 4) is 0 Å². The predicted molar refractivity (Wildman–Crippen MR) is 89.6 cm³/mol. The normalized spacial score (nSPS) is 10.2.